The number of fused-ring (bicyclic) bond motifs is 1. The van der Waals surface area contributed by atoms with Crippen molar-refractivity contribution in [1.82, 2.24) is 4.72 Å². The van der Waals surface area contributed by atoms with Crippen molar-refractivity contribution in [2.24, 2.45) is 0 Å². The van der Waals surface area contributed by atoms with Gasteiger partial charge in [0.15, 0.2) is 12.4 Å². The van der Waals surface area contributed by atoms with E-state index < -0.39 is 16.0 Å². The smallest absolute Gasteiger partial charge is 0.307 e. The van der Waals surface area contributed by atoms with Crippen LogP contribution in [-0.4, -0.2) is 33.3 Å². The number of benzene rings is 2. The average molecular weight is 387 g/mol. The molecule has 0 unspecified atom stereocenters. The van der Waals surface area contributed by atoms with Crippen LogP contribution in [0.3, 0.4) is 0 Å². The molecule has 2 aromatic rings. The maximum Gasteiger partial charge on any atom is 0.307 e. The van der Waals surface area contributed by atoms with Gasteiger partial charge in [-0.25, -0.2) is 13.1 Å². The molecule has 0 atom stereocenters. The first-order valence-electron chi connectivity index (χ1n) is 8.81. The number of ether oxygens (including phenoxy) is 1. The molecule has 0 bridgehead atoms. The van der Waals surface area contributed by atoms with Gasteiger partial charge in [-0.05, 0) is 48.6 Å². The topological polar surface area (TPSA) is 89.5 Å². The lowest BCUT2D eigenvalue weighted by molar-refractivity contribution is -0.142. The minimum Gasteiger partial charge on any atom is -0.457 e. The van der Waals surface area contributed by atoms with E-state index in [1.165, 1.54) is 23.3 Å². The number of Topliss-reactive ketones (excluding diaryl/α,β-unsaturated/α-hetero) is 1. The number of hydrogen-bond acceptors (Lipinski definition) is 5. The highest BCUT2D eigenvalue weighted by Crippen LogP contribution is 2.23. The summed E-state index contributed by atoms with van der Waals surface area (Å²) >= 11 is 0. The van der Waals surface area contributed by atoms with E-state index in [9.17, 15) is 18.0 Å². The largest absolute Gasteiger partial charge is 0.457 e. The summed E-state index contributed by atoms with van der Waals surface area (Å²) in [5, 5.41) is 0. The molecule has 0 spiro atoms. The molecule has 7 heteroatoms. The van der Waals surface area contributed by atoms with E-state index in [-0.39, 0.29) is 30.3 Å². The number of hydrogen-bond donors (Lipinski definition) is 1. The zero-order chi connectivity index (χ0) is 19.3. The number of sulfonamides is 1. The van der Waals surface area contributed by atoms with Crippen LogP contribution in [0.15, 0.2) is 53.4 Å². The molecule has 0 heterocycles. The fourth-order valence-corrected chi connectivity index (χ4v) is 4.07. The monoisotopic (exact) mass is 387 g/mol. The summed E-state index contributed by atoms with van der Waals surface area (Å²) in [6.07, 6.45) is 2.96. The van der Waals surface area contributed by atoms with E-state index in [2.05, 4.69) is 4.72 Å². The number of ketones is 1. The van der Waals surface area contributed by atoms with Gasteiger partial charge in [0.1, 0.15) is 0 Å². The van der Waals surface area contributed by atoms with Crippen molar-refractivity contribution in [2.45, 2.75) is 30.6 Å². The molecule has 2 aromatic carbocycles. The van der Waals surface area contributed by atoms with Crippen LogP contribution < -0.4 is 4.72 Å². The summed E-state index contributed by atoms with van der Waals surface area (Å²) in [7, 11) is -3.66. The van der Waals surface area contributed by atoms with Gasteiger partial charge in [-0.15, -0.1) is 0 Å². The van der Waals surface area contributed by atoms with Gasteiger partial charge in [0.2, 0.25) is 10.0 Å². The third kappa shape index (κ3) is 5.02. The van der Waals surface area contributed by atoms with E-state index >= 15 is 0 Å². The van der Waals surface area contributed by atoms with E-state index in [0.717, 1.165) is 19.3 Å². The van der Waals surface area contributed by atoms with Crippen LogP contribution in [0.25, 0.3) is 0 Å². The first-order valence-corrected chi connectivity index (χ1v) is 10.3. The highest BCUT2D eigenvalue weighted by atomic mass is 32.2. The van der Waals surface area contributed by atoms with E-state index in [0.29, 0.717) is 5.56 Å². The Hall–Kier alpha value is -2.51. The molecule has 1 N–H and O–H groups in total. The van der Waals surface area contributed by atoms with Crippen LogP contribution in [0.2, 0.25) is 0 Å². The van der Waals surface area contributed by atoms with Crippen molar-refractivity contribution in [2.75, 3.05) is 13.2 Å². The zero-order valence-corrected chi connectivity index (χ0v) is 15.6. The Balaban J connectivity index is 1.44. The van der Waals surface area contributed by atoms with Gasteiger partial charge in [-0.1, -0.05) is 30.3 Å². The zero-order valence-electron chi connectivity index (χ0n) is 14.8. The number of esters is 1. The number of carbonyl (C=O) groups is 2. The predicted octanol–water partition coefficient (Wildman–Crippen LogP) is 2.27. The fourth-order valence-electron chi connectivity index (χ4n) is 3.02. The van der Waals surface area contributed by atoms with Crippen molar-refractivity contribution in [3.05, 3.63) is 65.2 Å². The number of carbonyl (C=O) groups excluding carboxylic acids is 2. The summed E-state index contributed by atoms with van der Waals surface area (Å²) in [6, 6.07) is 13.5. The molecule has 0 fully saturated rings. The van der Waals surface area contributed by atoms with Gasteiger partial charge < -0.3 is 4.74 Å². The highest BCUT2D eigenvalue weighted by Gasteiger charge is 2.16. The van der Waals surface area contributed by atoms with Crippen molar-refractivity contribution in [1.29, 1.82) is 0 Å². The third-order valence-electron chi connectivity index (χ3n) is 4.46. The Morgan fingerprint density at radius 3 is 2.52 bits per heavy atom. The molecule has 0 aromatic heterocycles. The van der Waals surface area contributed by atoms with Gasteiger partial charge in [-0.2, -0.15) is 0 Å². The van der Waals surface area contributed by atoms with Crippen molar-refractivity contribution in [3.8, 4) is 0 Å². The Bertz CT molecular complexity index is 938. The molecular formula is C20H21NO5S. The van der Waals surface area contributed by atoms with Crippen LogP contribution in [0, 0.1) is 0 Å². The predicted molar refractivity (Wildman–Crippen MR) is 100 cm³/mol. The second kappa shape index (κ2) is 8.45. The number of rotatable bonds is 8. The van der Waals surface area contributed by atoms with Crippen molar-refractivity contribution in [3.63, 3.8) is 0 Å². The average Bonchev–Trinajstić information content (AvgIpc) is 3.14. The minimum atomic E-state index is -3.66. The van der Waals surface area contributed by atoms with Crippen molar-refractivity contribution >= 4 is 21.8 Å². The van der Waals surface area contributed by atoms with Crippen LogP contribution in [0.5, 0.6) is 0 Å². The van der Waals surface area contributed by atoms with Gasteiger partial charge in [-0.3, -0.25) is 9.59 Å². The van der Waals surface area contributed by atoms with Crippen LogP contribution in [0.1, 0.15) is 34.3 Å². The van der Waals surface area contributed by atoms with Gasteiger partial charge in [0.05, 0.1) is 11.3 Å². The second-order valence-corrected chi connectivity index (χ2v) is 8.15. The summed E-state index contributed by atoms with van der Waals surface area (Å²) < 4.78 is 31.4. The third-order valence-corrected chi connectivity index (χ3v) is 5.94. The lowest BCUT2D eigenvalue weighted by Gasteiger charge is -2.08. The van der Waals surface area contributed by atoms with E-state index in [4.69, 9.17) is 4.74 Å². The van der Waals surface area contributed by atoms with Gasteiger partial charge in [0, 0.05) is 12.1 Å². The lowest BCUT2D eigenvalue weighted by atomic mass is 10.0. The highest BCUT2D eigenvalue weighted by molar-refractivity contribution is 7.89. The normalized spacial score (nSPS) is 13.2. The van der Waals surface area contributed by atoms with Gasteiger partial charge in [0.25, 0.3) is 0 Å². The van der Waals surface area contributed by atoms with E-state index in [1.54, 1.807) is 24.3 Å². The van der Waals surface area contributed by atoms with Crippen LogP contribution >= 0.6 is 0 Å². The maximum atomic E-state index is 12.2. The minimum absolute atomic E-state index is 0.0942. The quantitative estimate of drug-likeness (QED) is 0.554. The van der Waals surface area contributed by atoms with Crippen LogP contribution in [-0.2, 0) is 32.4 Å². The first-order chi connectivity index (χ1) is 13.0. The molecule has 27 heavy (non-hydrogen) atoms. The summed E-state index contributed by atoms with van der Waals surface area (Å²) in [4.78, 5) is 24.1. The SMILES string of the molecule is O=C(CCNS(=O)(=O)c1ccccc1)OCC(=O)c1ccc2c(c1)CCC2. The second-order valence-electron chi connectivity index (χ2n) is 6.38. The molecule has 1 aliphatic carbocycles. The molecular weight excluding hydrogens is 366 g/mol. The Morgan fingerprint density at radius 2 is 1.74 bits per heavy atom. The molecule has 0 amide bonds. The molecule has 3 rings (SSSR count). The maximum absolute atomic E-state index is 12.2. The van der Waals surface area contributed by atoms with Gasteiger partial charge >= 0.3 is 5.97 Å². The molecule has 1 aliphatic rings. The fraction of sp³-hybridized carbons (Fsp3) is 0.300. The first kappa shape index (κ1) is 19.3. The van der Waals surface area contributed by atoms with E-state index in [1.807, 2.05) is 12.1 Å². The van der Waals surface area contributed by atoms with Crippen molar-refractivity contribution < 1.29 is 22.7 Å². The molecule has 0 saturated carbocycles. The molecule has 142 valence electrons. The summed E-state index contributed by atoms with van der Waals surface area (Å²) in [6.45, 7) is -0.438. The lowest BCUT2D eigenvalue weighted by Crippen LogP contribution is -2.27. The number of nitrogens with one attached hydrogen (secondary N) is 1. The molecule has 0 saturated heterocycles. The summed E-state index contributed by atoms with van der Waals surface area (Å²) in [5.74, 6) is -0.886. The van der Waals surface area contributed by atoms with Crippen LogP contribution in [0.4, 0.5) is 0 Å². The Morgan fingerprint density at radius 1 is 1.00 bits per heavy atom. The molecule has 6 nitrogen and oxygen atoms in total. The molecule has 0 aliphatic heterocycles. The standard InChI is InChI=1S/C20H21NO5S/c22-19(17-10-9-15-5-4-6-16(15)13-17)14-26-20(23)11-12-21-27(24,25)18-7-2-1-3-8-18/h1-3,7-10,13,21H,4-6,11-12,14H2. The molecule has 0 radical (unpaired) electrons. The number of aryl methyl sites for hydroxylation is 2. The Kier molecular flexibility index (Phi) is 6.03. The summed E-state index contributed by atoms with van der Waals surface area (Å²) in [5.41, 5.74) is 2.99. The Labute approximate surface area is 158 Å².